The molecule has 1 aromatic rings. The van der Waals surface area contributed by atoms with Gasteiger partial charge in [0.05, 0.1) is 10.5 Å². The van der Waals surface area contributed by atoms with Crippen molar-refractivity contribution in [1.82, 2.24) is 4.72 Å². The number of hydrogen-bond acceptors (Lipinski definition) is 4. The summed E-state index contributed by atoms with van der Waals surface area (Å²) in [6.07, 6.45) is -5.24. The quantitative estimate of drug-likeness (QED) is 0.691. The van der Waals surface area contributed by atoms with Crippen LogP contribution in [0.3, 0.4) is 0 Å². The van der Waals surface area contributed by atoms with E-state index >= 15 is 0 Å². The van der Waals surface area contributed by atoms with Gasteiger partial charge in [0.15, 0.2) is 0 Å². The van der Waals surface area contributed by atoms with Crippen molar-refractivity contribution in [3.63, 3.8) is 0 Å². The van der Waals surface area contributed by atoms with Crippen LogP contribution in [0.1, 0.15) is 10.4 Å². The molecule has 6 nitrogen and oxygen atoms in total. The average Bonchev–Trinajstić information content (AvgIpc) is 2.35. The summed E-state index contributed by atoms with van der Waals surface area (Å²) in [6, 6.07) is 3.27. The molecule has 1 unspecified atom stereocenters. The van der Waals surface area contributed by atoms with Gasteiger partial charge in [0.2, 0.25) is 10.0 Å². The lowest BCUT2D eigenvalue weighted by Crippen LogP contribution is -2.36. The number of hydrogen-bond donors (Lipinski definition) is 3. The van der Waals surface area contributed by atoms with Crippen molar-refractivity contribution in [1.29, 1.82) is 0 Å². The third kappa shape index (κ3) is 4.20. The minimum absolute atomic E-state index is 0.0709. The molecule has 3 N–H and O–H groups in total. The molecule has 0 aliphatic rings. The Bertz CT molecular complexity index is 608. The molecule has 0 bridgehead atoms. The van der Waals surface area contributed by atoms with Crippen LogP contribution in [0, 0.1) is 0 Å². The molecule has 0 saturated heterocycles. The van der Waals surface area contributed by atoms with E-state index in [0.29, 0.717) is 0 Å². The Morgan fingerprint density at radius 1 is 1.40 bits per heavy atom. The molecule has 10 heteroatoms. The van der Waals surface area contributed by atoms with Gasteiger partial charge in [-0.15, -0.1) is 0 Å². The molecule has 0 heterocycles. The predicted octanol–water partition coefficient (Wildman–Crippen LogP) is 1.05. The summed E-state index contributed by atoms with van der Waals surface area (Å²) in [4.78, 5) is 10.4. The van der Waals surface area contributed by atoms with Gasteiger partial charge >= 0.3 is 5.97 Å². The molecule has 0 aliphatic carbocycles. The maximum absolute atomic E-state index is 12.1. The van der Waals surface area contributed by atoms with Crippen molar-refractivity contribution in [3.8, 4) is 0 Å². The Morgan fingerprint density at radius 2 is 2.00 bits per heavy atom. The van der Waals surface area contributed by atoms with E-state index in [1.165, 1.54) is 12.1 Å². The molecule has 112 valence electrons. The number of aliphatic hydroxyl groups excluding tert-OH is 1. The highest BCUT2D eigenvalue weighted by Gasteiger charge is 2.23. The van der Waals surface area contributed by atoms with E-state index in [-0.39, 0.29) is 10.0 Å². The lowest BCUT2D eigenvalue weighted by molar-refractivity contribution is -0.000452. The van der Waals surface area contributed by atoms with Crippen LogP contribution in [0.5, 0.6) is 0 Å². The highest BCUT2D eigenvalue weighted by Crippen LogP contribution is 2.23. The van der Waals surface area contributed by atoms with Gasteiger partial charge in [-0.05, 0) is 34.1 Å². The molecule has 0 spiro atoms. The van der Waals surface area contributed by atoms with E-state index in [9.17, 15) is 22.0 Å². The van der Waals surface area contributed by atoms with Gasteiger partial charge in [0, 0.05) is 11.0 Å². The summed E-state index contributed by atoms with van der Waals surface area (Å²) in [5.41, 5.74) is -0.275. The number of halogens is 3. The van der Waals surface area contributed by atoms with Crippen LogP contribution in [-0.4, -0.2) is 43.7 Å². The van der Waals surface area contributed by atoms with E-state index in [1.54, 1.807) is 4.72 Å². The predicted molar refractivity (Wildman–Crippen MR) is 68.3 cm³/mol. The first-order valence-corrected chi connectivity index (χ1v) is 7.41. The maximum atomic E-state index is 12.1. The summed E-state index contributed by atoms with van der Waals surface area (Å²) < 4.78 is 49.7. The number of aromatic carboxylic acids is 1. The second-order valence-corrected chi connectivity index (χ2v) is 6.29. The normalized spacial score (nSPS) is 13.4. The fourth-order valence-electron chi connectivity index (χ4n) is 1.20. The number of carboxylic acids is 1. The molecule has 1 rings (SSSR count). The maximum Gasteiger partial charge on any atom is 0.335 e. The van der Waals surface area contributed by atoms with Gasteiger partial charge in [0.1, 0.15) is 6.10 Å². The molecule has 0 aromatic heterocycles. The van der Waals surface area contributed by atoms with Crippen LogP contribution in [0.4, 0.5) is 8.78 Å². The second kappa shape index (κ2) is 6.57. The van der Waals surface area contributed by atoms with Gasteiger partial charge in [0.25, 0.3) is 6.43 Å². The summed E-state index contributed by atoms with van der Waals surface area (Å²) in [6.45, 7) is -0.885. The average molecular weight is 374 g/mol. The van der Waals surface area contributed by atoms with Crippen molar-refractivity contribution in [2.45, 2.75) is 17.4 Å². The summed E-state index contributed by atoms with van der Waals surface area (Å²) in [5, 5.41) is 17.7. The minimum atomic E-state index is -4.23. The number of rotatable bonds is 6. The first-order valence-electron chi connectivity index (χ1n) is 5.14. The smallest absolute Gasteiger partial charge is 0.335 e. The SMILES string of the molecule is O=C(O)c1ccc(Br)c(S(=O)(=O)NCC(O)C(F)F)c1. The molecule has 0 aliphatic heterocycles. The zero-order chi connectivity index (χ0) is 15.5. The van der Waals surface area contributed by atoms with Crippen LogP contribution in [0.15, 0.2) is 27.6 Å². The molecule has 1 atom stereocenters. The Morgan fingerprint density at radius 3 is 2.50 bits per heavy atom. The molecular formula is C10H10BrF2NO5S. The highest BCUT2D eigenvalue weighted by atomic mass is 79.9. The number of nitrogens with one attached hydrogen (secondary N) is 1. The van der Waals surface area contributed by atoms with Crippen LogP contribution in [0.2, 0.25) is 0 Å². The third-order valence-corrected chi connectivity index (χ3v) is 4.66. The van der Waals surface area contributed by atoms with Crippen molar-refractivity contribution in [2.75, 3.05) is 6.54 Å². The Hall–Kier alpha value is -1.10. The number of benzene rings is 1. The topological polar surface area (TPSA) is 104 Å². The molecule has 0 radical (unpaired) electrons. The second-order valence-electron chi connectivity index (χ2n) is 3.70. The van der Waals surface area contributed by atoms with Gasteiger partial charge in [-0.2, -0.15) is 0 Å². The standard InChI is InChI=1S/C10H10BrF2NO5S/c11-6-2-1-5(10(16)17)3-8(6)20(18,19)14-4-7(15)9(12)13/h1-3,7,9,14-15H,4H2,(H,16,17). The Labute approximate surface area is 121 Å². The highest BCUT2D eigenvalue weighted by molar-refractivity contribution is 9.10. The molecule has 0 saturated carbocycles. The summed E-state index contributed by atoms with van der Waals surface area (Å²) in [7, 11) is -4.23. The fraction of sp³-hybridized carbons (Fsp3) is 0.300. The van der Waals surface area contributed by atoms with Crippen molar-refractivity contribution in [2.24, 2.45) is 0 Å². The number of carbonyl (C=O) groups is 1. The van der Waals surface area contributed by atoms with E-state index in [1.807, 2.05) is 0 Å². The first-order chi connectivity index (χ1) is 9.15. The van der Waals surface area contributed by atoms with E-state index in [0.717, 1.165) is 6.07 Å². The fourth-order valence-corrected chi connectivity index (χ4v) is 3.24. The molecule has 0 amide bonds. The van der Waals surface area contributed by atoms with E-state index in [4.69, 9.17) is 10.2 Å². The van der Waals surface area contributed by atoms with Gasteiger partial charge in [-0.25, -0.2) is 26.7 Å². The van der Waals surface area contributed by atoms with Crippen molar-refractivity contribution < 1.29 is 32.2 Å². The van der Waals surface area contributed by atoms with Crippen LogP contribution in [-0.2, 0) is 10.0 Å². The summed E-state index contributed by atoms with van der Waals surface area (Å²) >= 11 is 2.93. The number of alkyl halides is 2. The molecule has 1 aromatic carbocycles. The largest absolute Gasteiger partial charge is 0.478 e. The Kier molecular flexibility index (Phi) is 5.57. The lowest BCUT2D eigenvalue weighted by Gasteiger charge is -2.12. The number of carboxylic acid groups (broad SMARTS) is 1. The van der Waals surface area contributed by atoms with Gasteiger partial charge in [-0.1, -0.05) is 0 Å². The Balaban J connectivity index is 3.03. The van der Waals surface area contributed by atoms with Crippen LogP contribution >= 0.6 is 15.9 Å². The van der Waals surface area contributed by atoms with Crippen LogP contribution in [0.25, 0.3) is 0 Å². The minimum Gasteiger partial charge on any atom is -0.478 e. The zero-order valence-electron chi connectivity index (χ0n) is 9.76. The molecule has 20 heavy (non-hydrogen) atoms. The first kappa shape index (κ1) is 17.0. The van der Waals surface area contributed by atoms with Gasteiger partial charge in [-0.3, -0.25) is 0 Å². The van der Waals surface area contributed by atoms with E-state index in [2.05, 4.69) is 15.9 Å². The summed E-state index contributed by atoms with van der Waals surface area (Å²) in [5.74, 6) is -1.33. The number of sulfonamides is 1. The lowest BCUT2D eigenvalue weighted by atomic mass is 10.2. The number of aliphatic hydroxyl groups is 1. The van der Waals surface area contributed by atoms with Crippen LogP contribution < -0.4 is 4.72 Å². The van der Waals surface area contributed by atoms with Gasteiger partial charge < -0.3 is 10.2 Å². The molecular weight excluding hydrogens is 364 g/mol. The van der Waals surface area contributed by atoms with Crippen molar-refractivity contribution in [3.05, 3.63) is 28.2 Å². The van der Waals surface area contributed by atoms with E-state index < -0.39 is 40.0 Å². The van der Waals surface area contributed by atoms with Crippen molar-refractivity contribution >= 4 is 31.9 Å². The third-order valence-electron chi connectivity index (χ3n) is 2.24. The monoisotopic (exact) mass is 373 g/mol. The molecule has 0 fully saturated rings. The zero-order valence-corrected chi connectivity index (χ0v) is 12.2.